The maximum Gasteiger partial charge on any atom is 0.0991 e. The number of nitrogens with one attached hydrogen (secondary N) is 1. The van der Waals surface area contributed by atoms with Crippen LogP contribution in [0.4, 0.5) is 0 Å². The highest BCUT2D eigenvalue weighted by molar-refractivity contribution is 6.10. The minimum Gasteiger partial charge on any atom is -0.350 e. The smallest absolute Gasteiger partial charge is 0.0991 e. The molecule has 0 fully saturated rings. The highest BCUT2D eigenvalue weighted by Crippen LogP contribution is 2.24. The third-order valence-corrected chi connectivity index (χ3v) is 4.07. The molecule has 0 saturated heterocycles. The summed E-state index contributed by atoms with van der Waals surface area (Å²) in [6, 6.07) is 16.0. The lowest BCUT2D eigenvalue weighted by molar-refractivity contribution is 0.967. The Bertz CT molecular complexity index is 910. The van der Waals surface area contributed by atoms with E-state index < -0.39 is 0 Å². The molecule has 1 heterocycles. The van der Waals surface area contributed by atoms with Gasteiger partial charge in [-0.05, 0) is 36.2 Å². The predicted molar refractivity (Wildman–Crippen MR) is 89.3 cm³/mol. The van der Waals surface area contributed by atoms with Crippen LogP contribution in [0.25, 0.3) is 10.9 Å². The van der Waals surface area contributed by atoms with Crippen LogP contribution in [0.3, 0.4) is 0 Å². The first-order valence-electron chi connectivity index (χ1n) is 7.21. The van der Waals surface area contributed by atoms with Crippen LogP contribution < -0.4 is 0 Å². The van der Waals surface area contributed by atoms with Crippen molar-refractivity contribution < 1.29 is 0 Å². The molecule has 0 amide bonds. The van der Waals surface area contributed by atoms with Crippen LogP contribution in [-0.2, 0) is 13.5 Å². The molecule has 0 aliphatic rings. The molecule has 3 rings (SSSR count). The predicted octanol–water partition coefficient (Wildman–Crippen LogP) is 3.97. The molecule has 0 radical (unpaired) electrons. The molecular formula is C19H17N3. The lowest BCUT2D eigenvalue weighted by atomic mass is 9.98. The monoisotopic (exact) mass is 287 g/mol. The number of nitriles is 1. The maximum atomic E-state index is 9.09. The molecule has 0 unspecified atom stereocenters. The summed E-state index contributed by atoms with van der Waals surface area (Å²) in [5, 5.41) is 18.6. The average Bonchev–Trinajstić information content (AvgIpc) is 2.86. The summed E-state index contributed by atoms with van der Waals surface area (Å²) in [4.78, 5) is 0. The zero-order valence-corrected chi connectivity index (χ0v) is 12.7. The maximum absolute atomic E-state index is 9.09. The van der Waals surface area contributed by atoms with E-state index in [1.807, 2.05) is 48.1 Å². The second kappa shape index (κ2) is 5.50. The highest BCUT2D eigenvalue weighted by Gasteiger charge is 2.13. The molecule has 1 N–H and O–H groups in total. The minimum absolute atomic E-state index is 0.579. The first-order valence-corrected chi connectivity index (χ1v) is 7.21. The summed E-state index contributed by atoms with van der Waals surface area (Å²) in [5.74, 6) is 0. The zero-order chi connectivity index (χ0) is 15.7. The number of nitrogens with zero attached hydrogens (tertiary/aromatic N) is 2. The van der Waals surface area contributed by atoms with E-state index in [-0.39, 0.29) is 0 Å². The number of hydrogen-bond donors (Lipinski definition) is 1. The number of fused-ring (bicyclic) bond motifs is 1. The fourth-order valence-electron chi connectivity index (χ4n) is 2.80. The van der Waals surface area contributed by atoms with Gasteiger partial charge in [0.2, 0.25) is 0 Å². The first-order chi connectivity index (χ1) is 10.6. The minimum atomic E-state index is 0.579. The van der Waals surface area contributed by atoms with Crippen LogP contribution in [0.5, 0.6) is 0 Å². The fraction of sp³-hybridized carbons (Fsp3) is 0.158. The normalized spacial score (nSPS) is 10.6. The molecule has 0 aliphatic carbocycles. The van der Waals surface area contributed by atoms with Crippen molar-refractivity contribution in [3.8, 4) is 6.07 Å². The van der Waals surface area contributed by atoms with Gasteiger partial charge in [-0.1, -0.05) is 24.3 Å². The van der Waals surface area contributed by atoms with Gasteiger partial charge in [0.1, 0.15) is 0 Å². The zero-order valence-electron chi connectivity index (χ0n) is 12.7. The van der Waals surface area contributed by atoms with Crippen molar-refractivity contribution in [1.29, 1.82) is 10.7 Å². The average molecular weight is 287 g/mol. The summed E-state index contributed by atoms with van der Waals surface area (Å²) >= 11 is 0. The van der Waals surface area contributed by atoms with Crippen LogP contribution in [0.15, 0.2) is 48.7 Å². The molecule has 0 aliphatic heterocycles. The quantitative estimate of drug-likeness (QED) is 0.728. The van der Waals surface area contributed by atoms with Gasteiger partial charge < -0.3 is 9.98 Å². The molecular weight excluding hydrogens is 270 g/mol. The van der Waals surface area contributed by atoms with Crippen LogP contribution in [0, 0.1) is 23.7 Å². The largest absolute Gasteiger partial charge is 0.350 e. The molecule has 2 aromatic carbocycles. The number of rotatable bonds is 3. The highest BCUT2D eigenvalue weighted by atomic mass is 14.9. The third-order valence-electron chi connectivity index (χ3n) is 4.07. The Kier molecular flexibility index (Phi) is 3.52. The SMILES string of the molecule is Cc1ccccc1CC(=N)c1cn(C)c2ccc(C#N)cc12. The Morgan fingerprint density at radius 1 is 1.23 bits per heavy atom. The van der Waals surface area contributed by atoms with Gasteiger partial charge in [0.05, 0.1) is 11.6 Å². The van der Waals surface area contributed by atoms with Crippen LogP contribution in [0.2, 0.25) is 0 Å². The van der Waals surface area contributed by atoms with E-state index in [1.165, 1.54) is 11.1 Å². The molecule has 1 aromatic heterocycles. The van der Waals surface area contributed by atoms with Crippen molar-refractivity contribution in [1.82, 2.24) is 4.57 Å². The van der Waals surface area contributed by atoms with Gasteiger partial charge in [0, 0.05) is 41.8 Å². The van der Waals surface area contributed by atoms with E-state index in [2.05, 4.69) is 25.1 Å². The molecule has 0 saturated carbocycles. The third kappa shape index (κ3) is 2.40. The van der Waals surface area contributed by atoms with Crippen molar-refractivity contribution in [3.63, 3.8) is 0 Å². The van der Waals surface area contributed by atoms with Crippen molar-refractivity contribution in [3.05, 3.63) is 70.9 Å². The Hall–Kier alpha value is -2.86. The molecule has 0 atom stereocenters. The van der Waals surface area contributed by atoms with Crippen LogP contribution in [-0.4, -0.2) is 10.3 Å². The summed E-state index contributed by atoms with van der Waals surface area (Å²) in [5.41, 5.74) is 5.52. The van der Waals surface area contributed by atoms with Gasteiger partial charge >= 0.3 is 0 Å². The number of hydrogen-bond acceptors (Lipinski definition) is 2. The van der Waals surface area contributed by atoms with Crippen LogP contribution >= 0.6 is 0 Å². The van der Waals surface area contributed by atoms with Crippen LogP contribution in [0.1, 0.15) is 22.3 Å². The fourth-order valence-corrected chi connectivity index (χ4v) is 2.80. The van der Waals surface area contributed by atoms with E-state index in [0.29, 0.717) is 17.7 Å². The Morgan fingerprint density at radius 3 is 2.73 bits per heavy atom. The second-order valence-electron chi connectivity index (χ2n) is 5.58. The molecule has 0 bridgehead atoms. The number of aromatic nitrogens is 1. The Balaban J connectivity index is 2.04. The van der Waals surface area contributed by atoms with Gasteiger partial charge in [-0.15, -0.1) is 0 Å². The topological polar surface area (TPSA) is 52.6 Å². The summed E-state index contributed by atoms with van der Waals surface area (Å²) in [7, 11) is 1.97. The van der Waals surface area contributed by atoms with Gasteiger partial charge in [-0.2, -0.15) is 5.26 Å². The molecule has 3 aromatic rings. The molecule has 22 heavy (non-hydrogen) atoms. The van der Waals surface area contributed by atoms with Gasteiger partial charge in [-0.3, -0.25) is 0 Å². The van der Waals surface area contributed by atoms with E-state index in [9.17, 15) is 0 Å². The molecule has 0 spiro atoms. The molecule has 108 valence electrons. The van der Waals surface area contributed by atoms with Crippen molar-refractivity contribution in [2.45, 2.75) is 13.3 Å². The van der Waals surface area contributed by atoms with Crippen molar-refractivity contribution in [2.75, 3.05) is 0 Å². The van der Waals surface area contributed by atoms with Gasteiger partial charge in [0.15, 0.2) is 0 Å². The number of benzene rings is 2. The van der Waals surface area contributed by atoms with Gasteiger partial charge in [-0.25, -0.2) is 0 Å². The number of aryl methyl sites for hydroxylation is 2. The molecule has 3 nitrogen and oxygen atoms in total. The summed E-state index contributed by atoms with van der Waals surface area (Å²) in [6.07, 6.45) is 2.58. The molecule has 3 heteroatoms. The van der Waals surface area contributed by atoms with E-state index >= 15 is 0 Å². The first kappa shape index (κ1) is 14.1. The van der Waals surface area contributed by atoms with Gasteiger partial charge in [0.25, 0.3) is 0 Å². The second-order valence-corrected chi connectivity index (χ2v) is 5.58. The summed E-state index contributed by atoms with van der Waals surface area (Å²) in [6.45, 7) is 2.07. The van der Waals surface area contributed by atoms with Crippen molar-refractivity contribution >= 4 is 16.6 Å². The standard InChI is InChI=1S/C19H17N3/c1-13-5-3-4-6-15(13)10-18(21)17-12-22(2)19-8-7-14(11-20)9-16(17)19/h3-9,12,21H,10H2,1-2H3. The van der Waals surface area contributed by atoms with E-state index in [0.717, 1.165) is 16.5 Å². The Labute approximate surface area is 129 Å². The van der Waals surface area contributed by atoms with E-state index in [1.54, 1.807) is 0 Å². The lowest BCUT2D eigenvalue weighted by Gasteiger charge is -2.06. The summed E-state index contributed by atoms with van der Waals surface area (Å²) < 4.78 is 2.01. The Morgan fingerprint density at radius 2 is 2.00 bits per heavy atom. The van der Waals surface area contributed by atoms with Crippen molar-refractivity contribution in [2.24, 2.45) is 7.05 Å². The van der Waals surface area contributed by atoms with E-state index in [4.69, 9.17) is 10.7 Å². The lowest BCUT2D eigenvalue weighted by Crippen LogP contribution is -2.04.